The lowest BCUT2D eigenvalue weighted by atomic mass is 10.1. The van der Waals surface area contributed by atoms with Gasteiger partial charge in [0.05, 0.1) is 16.7 Å². The molecule has 0 bridgehead atoms. The summed E-state index contributed by atoms with van der Waals surface area (Å²) in [7, 11) is 0. The van der Waals surface area contributed by atoms with Gasteiger partial charge in [-0.2, -0.15) is 0 Å². The van der Waals surface area contributed by atoms with E-state index in [2.05, 4.69) is 84.5 Å². The van der Waals surface area contributed by atoms with Crippen LogP contribution < -0.4 is 0 Å². The molecule has 2 aromatic carbocycles. The van der Waals surface area contributed by atoms with Gasteiger partial charge in [-0.1, -0.05) is 40.2 Å². The van der Waals surface area contributed by atoms with Crippen LogP contribution >= 0.6 is 15.9 Å². The summed E-state index contributed by atoms with van der Waals surface area (Å²) in [6.45, 7) is 4.49. The molecule has 0 saturated carbocycles. The molecule has 132 valence electrons. The van der Waals surface area contributed by atoms with Crippen molar-refractivity contribution in [1.29, 1.82) is 0 Å². The number of para-hydroxylation sites is 2. The van der Waals surface area contributed by atoms with E-state index in [4.69, 9.17) is 4.98 Å². The van der Waals surface area contributed by atoms with E-state index >= 15 is 0 Å². The highest BCUT2D eigenvalue weighted by Crippen LogP contribution is 2.28. The van der Waals surface area contributed by atoms with Crippen molar-refractivity contribution in [3.63, 3.8) is 0 Å². The van der Waals surface area contributed by atoms with Gasteiger partial charge >= 0.3 is 0 Å². The lowest BCUT2D eigenvalue weighted by Crippen LogP contribution is -2.24. The van der Waals surface area contributed by atoms with Crippen LogP contribution in [0, 0.1) is 0 Å². The van der Waals surface area contributed by atoms with Crippen LogP contribution in [0.1, 0.15) is 12.8 Å². The van der Waals surface area contributed by atoms with Gasteiger partial charge in [0, 0.05) is 23.8 Å². The van der Waals surface area contributed by atoms with Crippen LogP contribution in [0.3, 0.4) is 0 Å². The maximum absolute atomic E-state index is 4.92. The van der Waals surface area contributed by atoms with Crippen LogP contribution in [0.15, 0.2) is 59.2 Å². The Bertz CT molecular complexity index is 1050. The highest BCUT2D eigenvalue weighted by Gasteiger charge is 2.17. The molecule has 26 heavy (non-hydrogen) atoms. The fourth-order valence-corrected chi connectivity index (χ4v) is 4.23. The number of fused-ring (bicyclic) bond motifs is 3. The van der Waals surface area contributed by atoms with Crippen molar-refractivity contribution in [2.24, 2.45) is 0 Å². The summed E-state index contributed by atoms with van der Waals surface area (Å²) >= 11 is 3.54. The number of hydrogen-bond donors (Lipinski definition) is 0. The molecular formula is C21H21BrN4. The Morgan fingerprint density at radius 1 is 0.923 bits per heavy atom. The third kappa shape index (κ3) is 2.75. The number of likely N-dealkylation sites (tertiary alicyclic amines) is 1. The molecule has 5 rings (SSSR count). The summed E-state index contributed by atoms with van der Waals surface area (Å²) in [5.41, 5.74) is 4.68. The van der Waals surface area contributed by atoms with E-state index in [1.54, 1.807) is 0 Å². The second kappa shape index (κ2) is 6.56. The molecule has 0 aliphatic carbocycles. The molecule has 0 amide bonds. The number of rotatable bonds is 4. The number of hydrogen-bond acceptors (Lipinski definition) is 2. The Morgan fingerprint density at radius 2 is 1.69 bits per heavy atom. The molecule has 4 aromatic rings. The van der Waals surface area contributed by atoms with Gasteiger partial charge in [-0.25, -0.2) is 4.98 Å². The third-order valence-electron chi connectivity index (χ3n) is 5.34. The third-order valence-corrected chi connectivity index (χ3v) is 5.87. The van der Waals surface area contributed by atoms with Crippen LogP contribution in [0.25, 0.3) is 28.1 Å². The van der Waals surface area contributed by atoms with Crippen molar-refractivity contribution in [2.45, 2.75) is 19.4 Å². The molecule has 2 aromatic heterocycles. The normalized spacial score (nSPS) is 15.4. The zero-order chi connectivity index (χ0) is 17.5. The molecule has 4 nitrogen and oxygen atoms in total. The quantitative estimate of drug-likeness (QED) is 0.483. The largest absolute Gasteiger partial charge is 0.308 e. The number of benzene rings is 2. The number of halogens is 1. The Balaban J connectivity index is 1.63. The van der Waals surface area contributed by atoms with Gasteiger partial charge in [0.15, 0.2) is 0 Å². The molecule has 1 aliphatic rings. The second-order valence-corrected chi connectivity index (χ2v) is 7.91. The van der Waals surface area contributed by atoms with Crippen LogP contribution in [0.4, 0.5) is 0 Å². The van der Waals surface area contributed by atoms with E-state index in [1.807, 2.05) is 0 Å². The van der Waals surface area contributed by atoms with Gasteiger partial charge in [0.25, 0.3) is 0 Å². The van der Waals surface area contributed by atoms with E-state index in [0.29, 0.717) is 0 Å². The number of imidazole rings is 2. The molecule has 3 heterocycles. The summed E-state index contributed by atoms with van der Waals surface area (Å²) < 4.78 is 5.71. The first kappa shape index (κ1) is 16.1. The van der Waals surface area contributed by atoms with E-state index in [0.717, 1.165) is 28.9 Å². The van der Waals surface area contributed by atoms with Gasteiger partial charge in [-0.3, -0.25) is 4.40 Å². The molecule has 1 aliphatic heterocycles. The zero-order valence-corrected chi connectivity index (χ0v) is 16.2. The Hall–Kier alpha value is -2.11. The highest BCUT2D eigenvalue weighted by molar-refractivity contribution is 9.10. The predicted molar refractivity (Wildman–Crippen MR) is 109 cm³/mol. The van der Waals surface area contributed by atoms with E-state index in [-0.39, 0.29) is 0 Å². The highest BCUT2D eigenvalue weighted by atomic mass is 79.9. The second-order valence-electron chi connectivity index (χ2n) is 6.99. The van der Waals surface area contributed by atoms with Crippen molar-refractivity contribution in [2.75, 3.05) is 19.6 Å². The van der Waals surface area contributed by atoms with Crippen molar-refractivity contribution < 1.29 is 0 Å². The molecule has 0 unspecified atom stereocenters. The predicted octanol–water partition coefficient (Wildman–Crippen LogP) is 4.81. The fourth-order valence-electron chi connectivity index (χ4n) is 3.97. The van der Waals surface area contributed by atoms with Crippen molar-refractivity contribution in [3.05, 3.63) is 59.2 Å². The monoisotopic (exact) mass is 408 g/mol. The van der Waals surface area contributed by atoms with Crippen molar-refractivity contribution >= 4 is 32.7 Å². The SMILES string of the molecule is Brc1ccc(-c2cn3c4ccccc4nc3n2CCN2CCCC2)cc1. The maximum atomic E-state index is 4.92. The molecule has 0 radical (unpaired) electrons. The topological polar surface area (TPSA) is 25.5 Å². The standard InChI is InChI=1S/C21H21BrN4/c22-17-9-7-16(8-10-17)20-15-26-19-6-2-1-5-18(19)23-21(26)25(20)14-13-24-11-3-4-12-24/h1-2,5-10,15H,3-4,11-14H2. The first-order chi connectivity index (χ1) is 12.8. The van der Waals surface area contributed by atoms with Crippen molar-refractivity contribution in [3.8, 4) is 11.3 Å². The van der Waals surface area contributed by atoms with Gasteiger partial charge < -0.3 is 9.47 Å². The Labute approximate surface area is 161 Å². The average Bonchev–Trinajstić information content (AvgIpc) is 3.36. The van der Waals surface area contributed by atoms with Gasteiger partial charge in [0.1, 0.15) is 0 Å². The fraction of sp³-hybridized carbons (Fsp3) is 0.286. The van der Waals surface area contributed by atoms with E-state index < -0.39 is 0 Å². The lowest BCUT2D eigenvalue weighted by molar-refractivity contribution is 0.324. The number of aromatic nitrogens is 3. The van der Waals surface area contributed by atoms with Crippen LogP contribution in [-0.2, 0) is 6.54 Å². The van der Waals surface area contributed by atoms with Crippen LogP contribution in [0.2, 0.25) is 0 Å². The van der Waals surface area contributed by atoms with Crippen LogP contribution in [0.5, 0.6) is 0 Å². The summed E-state index contributed by atoms with van der Waals surface area (Å²) in [6.07, 6.45) is 4.89. The molecule has 0 spiro atoms. The Kier molecular flexibility index (Phi) is 4.06. The summed E-state index contributed by atoms with van der Waals surface area (Å²) in [4.78, 5) is 7.48. The molecule has 1 saturated heterocycles. The number of nitrogens with zero attached hydrogens (tertiary/aromatic N) is 4. The summed E-state index contributed by atoms with van der Waals surface area (Å²) in [6, 6.07) is 16.9. The zero-order valence-electron chi connectivity index (χ0n) is 14.6. The summed E-state index contributed by atoms with van der Waals surface area (Å²) in [5, 5.41) is 0. The minimum Gasteiger partial charge on any atom is -0.308 e. The average molecular weight is 409 g/mol. The minimum absolute atomic E-state index is 0.964. The van der Waals surface area contributed by atoms with E-state index in [1.165, 1.54) is 42.7 Å². The van der Waals surface area contributed by atoms with Crippen molar-refractivity contribution in [1.82, 2.24) is 18.9 Å². The van der Waals surface area contributed by atoms with Gasteiger partial charge in [0.2, 0.25) is 5.78 Å². The van der Waals surface area contributed by atoms with Gasteiger partial charge in [-0.15, -0.1) is 0 Å². The minimum atomic E-state index is 0.964. The Morgan fingerprint density at radius 3 is 2.50 bits per heavy atom. The molecular weight excluding hydrogens is 388 g/mol. The smallest absolute Gasteiger partial charge is 0.215 e. The molecule has 1 fully saturated rings. The molecule has 5 heteroatoms. The van der Waals surface area contributed by atoms with E-state index in [9.17, 15) is 0 Å². The summed E-state index contributed by atoms with van der Waals surface area (Å²) in [5.74, 6) is 1.03. The molecule has 0 atom stereocenters. The van der Waals surface area contributed by atoms with Crippen LogP contribution in [-0.4, -0.2) is 38.5 Å². The van der Waals surface area contributed by atoms with Gasteiger partial charge in [-0.05, 0) is 55.8 Å². The molecule has 0 N–H and O–H groups in total. The maximum Gasteiger partial charge on any atom is 0.215 e. The lowest BCUT2D eigenvalue weighted by Gasteiger charge is -2.16. The first-order valence-corrected chi connectivity index (χ1v) is 10.0. The first-order valence-electron chi connectivity index (χ1n) is 9.24.